The van der Waals surface area contributed by atoms with Crippen LogP contribution >= 0.6 is 11.8 Å². The molecule has 2 aromatic rings. The SMILES string of the molecule is O=C(Nc1ccccc1F)N1CCS[C@H]1c1cccc(F)c1. The molecule has 1 fully saturated rings. The summed E-state index contributed by atoms with van der Waals surface area (Å²) in [6.45, 7) is 0.534. The van der Waals surface area contributed by atoms with E-state index in [1.165, 1.54) is 24.3 Å². The first kappa shape index (κ1) is 14.8. The van der Waals surface area contributed by atoms with Gasteiger partial charge in [0.15, 0.2) is 0 Å². The number of thioether (sulfide) groups is 1. The number of amides is 2. The van der Waals surface area contributed by atoms with E-state index in [1.54, 1.807) is 40.9 Å². The van der Waals surface area contributed by atoms with Crippen molar-refractivity contribution in [1.82, 2.24) is 4.90 Å². The second-order valence-electron chi connectivity index (χ2n) is 4.88. The highest BCUT2D eigenvalue weighted by atomic mass is 32.2. The molecule has 0 saturated carbocycles. The number of anilines is 1. The fraction of sp³-hybridized carbons (Fsp3) is 0.188. The molecule has 0 aromatic heterocycles. The molecule has 0 unspecified atom stereocenters. The second kappa shape index (κ2) is 6.36. The highest BCUT2D eigenvalue weighted by Crippen LogP contribution is 2.38. The van der Waals surface area contributed by atoms with Crippen molar-refractivity contribution in [1.29, 1.82) is 0 Å². The standard InChI is InChI=1S/C16H14F2N2OS/c17-12-5-3-4-11(10-12)15-20(8-9-22-15)16(21)19-14-7-2-1-6-13(14)18/h1-7,10,15H,8-9H2,(H,19,21)/t15-/m0/s1. The number of urea groups is 1. The van der Waals surface area contributed by atoms with Gasteiger partial charge >= 0.3 is 6.03 Å². The molecule has 22 heavy (non-hydrogen) atoms. The Labute approximate surface area is 131 Å². The van der Waals surface area contributed by atoms with Gasteiger partial charge < -0.3 is 10.2 Å². The molecular formula is C16H14F2N2OS. The van der Waals surface area contributed by atoms with Crippen LogP contribution in [0.3, 0.4) is 0 Å². The fourth-order valence-corrected chi connectivity index (χ4v) is 3.61. The molecule has 114 valence electrons. The number of nitrogens with zero attached hydrogens (tertiary/aromatic N) is 1. The molecule has 0 bridgehead atoms. The Morgan fingerprint density at radius 3 is 2.77 bits per heavy atom. The Kier molecular flexibility index (Phi) is 4.29. The molecule has 0 aliphatic carbocycles. The lowest BCUT2D eigenvalue weighted by Gasteiger charge is -2.24. The van der Waals surface area contributed by atoms with Gasteiger partial charge in [0, 0.05) is 12.3 Å². The molecule has 1 saturated heterocycles. The summed E-state index contributed by atoms with van der Waals surface area (Å²) in [7, 11) is 0. The van der Waals surface area contributed by atoms with Crippen LogP contribution in [0.2, 0.25) is 0 Å². The maximum Gasteiger partial charge on any atom is 0.323 e. The van der Waals surface area contributed by atoms with Crippen molar-refractivity contribution < 1.29 is 13.6 Å². The molecule has 0 spiro atoms. The summed E-state index contributed by atoms with van der Waals surface area (Å²) in [5, 5.41) is 2.31. The van der Waals surface area contributed by atoms with E-state index < -0.39 is 5.82 Å². The molecule has 2 amide bonds. The molecule has 3 nitrogen and oxygen atoms in total. The Morgan fingerprint density at radius 2 is 2.00 bits per heavy atom. The number of halogens is 2. The number of para-hydroxylation sites is 1. The summed E-state index contributed by atoms with van der Waals surface area (Å²) in [4.78, 5) is 14.0. The summed E-state index contributed by atoms with van der Waals surface area (Å²) >= 11 is 1.56. The molecular weight excluding hydrogens is 306 g/mol. The van der Waals surface area contributed by atoms with E-state index in [0.717, 1.165) is 11.3 Å². The van der Waals surface area contributed by atoms with Crippen molar-refractivity contribution >= 4 is 23.5 Å². The first-order valence-corrected chi connectivity index (χ1v) is 7.89. The molecule has 1 N–H and O–H groups in total. The topological polar surface area (TPSA) is 32.3 Å². The van der Waals surface area contributed by atoms with Crippen LogP contribution in [-0.2, 0) is 0 Å². The van der Waals surface area contributed by atoms with Crippen molar-refractivity contribution in [3.05, 3.63) is 65.7 Å². The largest absolute Gasteiger partial charge is 0.323 e. The van der Waals surface area contributed by atoms with E-state index in [1.807, 2.05) is 0 Å². The Bertz CT molecular complexity index is 695. The van der Waals surface area contributed by atoms with Gasteiger partial charge in [0.25, 0.3) is 0 Å². The Morgan fingerprint density at radius 1 is 1.18 bits per heavy atom. The molecule has 0 radical (unpaired) electrons. The lowest BCUT2D eigenvalue weighted by atomic mass is 10.2. The summed E-state index contributed by atoms with van der Waals surface area (Å²) in [6, 6.07) is 11.8. The van der Waals surface area contributed by atoms with Crippen molar-refractivity contribution in [2.45, 2.75) is 5.37 Å². The molecule has 1 atom stereocenters. The number of rotatable bonds is 2. The third-order valence-electron chi connectivity index (χ3n) is 3.40. The van der Waals surface area contributed by atoms with Crippen molar-refractivity contribution in [2.24, 2.45) is 0 Å². The van der Waals surface area contributed by atoms with Crippen LogP contribution in [0, 0.1) is 11.6 Å². The number of benzene rings is 2. The molecule has 1 heterocycles. The van der Waals surface area contributed by atoms with Crippen LogP contribution in [0.15, 0.2) is 48.5 Å². The maximum atomic E-state index is 13.6. The smallest absolute Gasteiger partial charge is 0.308 e. The Hall–Kier alpha value is -2.08. The van der Waals surface area contributed by atoms with E-state index >= 15 is 0 Å². The van der Waals surface area contributed by atoms with Gasteiger partial charge in [-0.15, -0.1) is 11.8 Å². The third-order valence-corrected chi connectivity index (χ3v) is 4.66. The zero-order valence-electron chi connectivity index (χ0n) is 11.6. The highest BCUT2D eigenvalue weighted by molar-refractivity contribution is 7.99. The van der Waals surface area contributed by atoms with Gasteiger partial charge in [-0.05, 0) is 29.8 Å². The lowest BCUT2D eigenvalue weighted by Crippen LogP contribution is -2.34. The quantitative estimate of drug-likeness (QED) is 0.897. The van der Waals surface area contributed by atoms with Crippen LogP contribution < -0.4 is 5.32 Å². The molecule has 1 aliphatic heterocycles. The average Bonchev–Trinajstić information content (AvgIpc) is 2.99. The van der Waals surface area contributed by atoms with Gasteiger partial charge in [0.2, 0.25) is 0 Å². The highest BCUT2D eigenvalue weighted by Gasteiger charge is 2.31. The lowest BCUT2D eigenvalue weighted by molar-refractivity contribution is 0.214. The first-order valence-electron chi connectivity index (χ1n) is 6.84. The normalized spacial score (nSPS) is 17.5. The van der Waals surface area contributed by atoms with Crippen LogP contribution in [-0.4, -0.2) is 23.2 Å². The number of carbonyl (C=O) groups is 1. The number of hydrogen-bond donors (Lipinski definition) is 1. The first-order chi connectivity index (χ1) is 10.6. The van der Waals surface area contributed by atoms with Crippen LogP contribution in [0.5, 0.6) is 0 Å². The molecule has 1 aliphatic rings. The molecule has 6 heteroatoms. The maximum absolute atomic E-state index is 13.6. The van der Waals surface area contributed by atoms with E-state index in [0.29, 0.717) is 6.54 Å². The number of nitrogens with one attached hydrogen (secondary N) is 1. The summed E-state index contributed by atoms with van der Waals surface area (Å²) in [5.41, 5.74) is 0.869. The van der Waals surface area contributed by atoms with Gasteiger partial charge in [0.05, 0.1) is 5.69 Å². The number of carbonyl (C=O) groups excluding carboxylic acids is 1. The van der Waals surface area contributed by atoms with Crippen molar-refractivity contribution in [3.63, 3.8) is 0 Å². The van der Waals surface area contributed by atoms with Gasteiger partial charge in [-0.2, -0.15) is 0 Å². The summed E-state index contributed by atoms with van der Waals surface area (Å²) < 4.78 is 27.0. The minimum atomic E-state index is -0.481. The van der Waals surface area contributed by atoms with Gasteiger partial charge in [0.1, 0.15) is 17.0 Å². The monoisotopic (exact) mass is 320 g/mol. The van der Waals surface area contributed by atoms with Gasteiger partial charge in [-0.25, -0.2) is 13.6 Å². The average molecular weight is 320 g/mol. The zero-order valence-corrected chi connectivity index (χ0v) is 12.4. The van der Waals surface area contributed by atoms with E-state index in [9.17, 15) is 13.6 Å². The van der Waals surface area contributed by atoms with Crippen LogP contribution in [0.4, 0.5) is 19.3 Å². The van der Waals surface area contributed by atoms with E-state index in [2.05, 4.69) is 5.32 Å². The van der Waals surface area contributed by atoms with Crippen molar-refractivity contribution in [2.75, 3.05) is 17.6 Å². The fourth-order valence-electron chi connectivity index (χ4n) is 2.36. The minimum Gasteiger partial charge on any atom is -0.308 e. The Balaban J connectivity index is 1.78. The third kappa shape index (κ3) is 3.06. The van der Waals surface area contributed by atoms with E-state index in [-0.39, 0.29) is 22.9 Å². The number of hydrogen-bond acceptors (Lipinski definition) is 2. The molecule has 2 aromatic carbocycles. The minimum absolute atomic E-state index is 0.141. The molecule has 3 rings (SSSR count). The van der Waals surface area contributed by atoms with E-state index in [4.69, 9.17) is 0 Å². The van der Waals surface area contributed by atoms with Crippen molar-refractivity contribution in [3.8, 4) is 0 Å². The zero-order chi connectivity index (χ0) is 15.5. The summed E-state index contributed by atoms with van der Waals surface area (Å²) in [6.07, 6.45) is 0. The van der Waals surface area contributed by atoms with Crippen LogP contribution in [0.25, 0.3) is 0 Å². The predicted octanol–water partition coefficient (Wildman–Crippen LogP) is 4.24. The van der Waals surface area contributed by atoms with Crippen LogP contribution in [0.1, 0.15) is 10.9 Å². The van der Waals surface area contributed by atoms with Gasteiger partial charge in [-0.1, -0.05) is 24.3 Å². The summed E-state index contributed by atoms with van der Waals surface area (Å²) in [5.74, 6) is -0.0595. The van der Waals surface area contributed by atoms with Gasteiger partial charge in [-0.3, -0.25) is 0 Å². The predicted molar refractivity (Wildman–Crippen MR) is 83.7 cm³/mol. The second-order valence-corrected chi connectivity index (χ2v) is 6.07.